The molecule has 0 saturated carbocycles. The molecular formula is C25H41ClN4O5. The van der Waals surface area contributed by atoms with Gasteiger partial charge in [0.25, 0.3) is 0 Å². The minimum Gasteiger partial charge on any atom is -0.453 e. The van der Waals surface area contributed by atoms with E-state index >= 15 is 0 Å². The van der Waals surface area contributed by atoms with Crippen LogP contribution in [0, 0.1) is 5.92 Å². The lowest BCUT2D eigenvalue weighted by molar-refractivity contribution is 0.0421. The molecule has 0 bridgehead atoms. The topological polar surface area (TPSA) is 101 Å². The van der Waals surface area contributed by atoms with Crippen LogP contribution in [0.1, 0.15) is 44.3 Å². The van der Waals surface area contributed by atoms with Crippen LogP contribution in [0.2, 0.25) is 5.02 Å². The number of halogens is 1. The molecular weight excluding hydrogens is 472 g/mol. The number of amides is 3. The fourth-order valence-corrected chi connectivity index (χ4v) is 4.46. The maximum absolute atomic E-state index is 13.1. The number of rotatable bonds is 14. The van der Waals surface area contributed by atoms with Crippen molar-refractivity contribution in [2.24, 2.45) is 5.92 Å². The molecule has 1 aliphatic heterocycles. The second-order valence-corrected chi connectivity index (χ2v) is 9.16. The molecule has 3 atom stereocenters. The van der Waals surface area contributed by atoms with Gasteiger partial charge in [0.1, 0.15) is 0 Å². The Balaban J connectivity index is 1.94. The maximum atomic E-state index is 13.1. The van der Waals surface area contributed by atoms with Gasteiger partial charge in [0, 0.05) is 50.5 Å². The van der Waals surface area contributed by atoms with E-state index in [2.05, 4.69) is 20.7 Å². The molecule has 0 aromatic heterocycles. The van der Waals surface area contributed by atoms with Gasteiger partial charge < -0.3 is 35.1 Å². The summed E-state index contributed by atoms with van der Waals surface area (Å²) in [6.45, 7) is 5.99. The molecule has 3 amide bonds. The molecule has 1 fully saturated rings. The van der Waals surface area contributed by atoms with Gasteiger partial charge in [-0.3, -0.25) is 0 Å². The fraction of sp³-hybridized carbons (Fsp3) is 0.680. The monoisotopic (exact) mass is 512 g/mol. The highest BCUT2D eigenvalue weighted by atomic mass is 35.5. The van der Waals surface area contributed by atoms with Crippen molar-refractivity contribution in [3.8, 4) is 0 Å². The Morgan fingerprint density at radius 3 is 2.83 bits per heavy atom. The number of hydrogen-bond donors (Lipinski definition) is 3. The van der Waals surface area contributed by atoms with E-state index in [1.165, 1.54) is 7.11 Å². The summed E-state index contributed by atoms with van der Waals surface area (Å²) in [6, 6.07) is 7.47. The predicted molar refractivity (Wildman–Crippen MR) is 137 cm³/mol. The first-order chi connectivity index (χ1) is 17.0. The van der Waals surface area contributed by atoms with Crippen molar-refractivity contribution in [1.82, 2.24) is 20.9 Å². The number of benzene rings is 1. The van der Waals surface area contributed by atoms with Gasteiger partial charge in [-0.25, -0.2) is 9.59 Å². The van der Waals surface area contributed by atoms with Crippen molar-refractivity contribution in [2.45, 2.75) is 44.8 Å². The van der Waals surface area contributed by atoms with Crippen LogP contribution in [0.4, 0.5) is 9.59 Å². The molecule has 0 aliphatic carbocycles. The minimum absolute atomic E-state index is 0.0395. The van der Waals surface area contributed by atoms with Gasteiger partial charge in [0.05, 0.1) is 19.8 Å². The van der Waals surface area contributed by atoms with Crippen LogP contribution in [0.3, 0.4) is 0 Å². The van der Waals surface area contributed by atoms with Gasteiger partial charge >= 0.3 is 12.1 Å². The molecule has 10 heteroatoms. The number of hydrogen-bond acceptors (Lipinski definition) is 6. The van der Waals surface area contributed by atoms with Crippen molar-refractivity contribution in [3.63, 3.8) is 0 Å². The van der Waals surface area contributed by atoms with E-state index in [-0.39, 0.29) is 18.2 Å². The highest BCUT2D eigenvalue weighted by Crippen LogP contribution is 2.24. The van der Waals surface area contributed by atoms with Crippen molar-refractivity contribution in [2.75, 3.05) is 60.2 Å². The molecule has 2 rings (SSSR count). The second kappa shape index (κ2) is 16.6. The first-order valence-corrected chi connectivity index (χ1v) is 12.8. The van der Waals surface area contributed by atoms with Gasteiger partial charge in [-0.15, -0.1) is 0 Å². The molecule has 1 aromatic rings. The quantitative estimate of drug-likeness (QED) is 0.329. The molecule has 3 N–H and O–H groups in total. The van der Waals surface area contributed by atoms with Crippen LogP contribution in [0.15, 0.2) is 24.3 Å². The number of alkyl carbamates (subject to hydrolysis) is 1. The molecule has 1 aromatic carbocycles. The SMILES string of the molecule is CCN(CCC(OCCNC(=O)OC)c1cccc(Cl)c1)C(=O)N[C@H](CNC)C[C@H]1CCCOC1. The van der Waals surface area contributed by atoms with Gasteiger partial charge in [0.15, 0.2) is 0 Å². The van der Waals surface area contributed by atoms with Crippen molar-refractivity contribution < 1.29 is 23.8 Å². The maximum Gasteiger partial charge on any atom is 0.406 e. The molecule has 9 nitrogen and oxygen atoms in total. The molecule has 35 heavy (non-hydrogen) atoms. The molecule has 0 spiro atoms. The van der Waals surface area contributed by atoms with Crippen LogP contribution in [-0.4, -0.2) is 83.2 Å². The van der Waals surface area contributed by atoms with Gasteiger partial charge in [0.2, 0.25) is 0 Å². The first kappa shape index (κ1) is 29.2. The zero-order valence-electron chi connectivity index (χ0n) is 21.2. The number of methoxy groups -OCH3 is 1. The lowest BCUT2D eigenvalue weighted by atomic mass is 9.94. The zero-order valence-corrected chi connectivity index (χ0v) is 21.9. The van der Waals surface area contributed by atoms with Crippen LogP contribution < -0.4 is 16.0 Å². The number of ether oxygens (including phenoxy) is 3. The van der Waals surface area contributed by atoms with E-state index in [9.17, 15) is 9.59 Å². The number of carbonyl (C=O) groups is 2. The molecule has 1 aliphatic rings. The van der Waals surface area contributed by atoms with Crippen LogP contribution in [0.5, 0.6) is 0 Å². The molecule has 0 radical (unpaired) electrons. The third kappa shape index (κ3) is 11.0. The van der Waals surface area contributed by atoms with Crippen LogP contribution in [-0.2, 0) is 14.2 Å². The highest BCUT2D eigenvalue weighted by Gasteiger charge is 2.23. The van der Waals surface area contributed by atoms with Gasteiger partial charge in [-0.05, 0) is 63.3 Å². The Morgan fingerprint density at radius 2 is 2.17 bits per heavy atom. The number of urea groups is 1. The summed E-state index contributed by atoms with van der Waals surface area (Å²) in [7, 11) is 3.22. The largest absolute Gasteiger partial charge is 0.453 e. The second-order valence-electron chi connectivity index (χ2n) is 8.72. The van der Waals surface area contributed by atoms with Crippen LogP contribution >= 0.6 is 11.6 Å². The number of nitrogens with one attached hydrogen (secondary N) is 3. The molecule has 1 unspecified atom stereocenters. The summed E-state index contributed by atoms with van der Waals surface area (Å²) < 4.78 is 16.3. The third-order valence-corrected chi connectivity index (χ3v) is 6.31. The van der Waals surface area contributed by atoms with E-state index in [1.54, 1.807) is 4.90 Å². The average molecular weight is 513 g/mol. The number of likely N-dealkylation sites (N-methyl/N-ethyl adjacent to an activating group) is 1. The zero-order chi connectivity index (χ0) is 25.5. The summed E-state index contributed by atoms with van der Waals surface area (Å²) in [5.41, 5.74) is 0.928. The van der Waals surface area contributed by atoms with E-state index < -0.39 is 6.09 Å². The minimum atomic E-state index is -0.502. The van der Waals surface area contributed by atoms with Gasteiger partial charge in [-0.1, -0.05) is 23.7 Å². The number of carbonyl (C=O) groups excluding carboxylic acids is 2. The van der Waals surface area contributed by atoms with Crippen molar-refractivity contribution in [1.29, 1.82) is 0 Å². The Bertz CT molecular complexity index is 763. The fourth-order valence-electron chi connectivity index (χ4n) is 4.26. The average Bonchev–Trinajstić information content (AvgIpc) is 2.86. The summed E-state index contributed by atoms with van der Waals surface area (Å²) in [4.78, 5) is 26.2. The van der Waals surface area contributed by atoms with Crippen LogP contribution in [0.25, 0.3) is 0 Å². The third-order valence-electron chi connectivity index (χ3n) is 6.08. The number of nitrogens with zero attached hydrogens (tertiary/aromatic N) is 1. The summed E-state index contributed by atoms with van der Waals surface area (Å²) in [5.74, 6) is 0.469. The lowest BCUT2D eigenvalue weighted by Crippen LogP contribution is -2.49. The van der Waals surface area contributed by atoms with E-state index in [1.807, 2.05) is 38.2 Å². The predicted octanol–water partition coefficient (Wildman–Crippen LogP) is 3.58. The Morgan fingerprint density at radius 1 is 1.34 bits per heavy atom. The lowest BCUT2D eigenvalue weighted by Gasteiger charge is -2.30. The molecule has 1 heterocycles. The Labute approximate surface area is 214 Å². The van der Waals surface area contributed by atoms with E-state index in [4.69, 9.17) is 21.1 Å². The standard InChI is InChI=1S/C25H41ClN4O5/c1-4-30(24(31)29-22(17-27-2)15-19-7-6-13-34-18-19)12-10-23(20-8-5-9-21(26)16-20)35-14-11-28-25(32)33-3/h5,8-9,16,19,22-23,27H,4,6-7,10-15,17-18H2,1-3H3,(H,28,32)(H,29,31)/t19-,22+,23?/m1/s1. The normalized spacial score (nSPS) is 17.3. The molecule has 1 saturated heterocycles. The van der Waals surface area contributed by atoms with Gasteiger partial charge in [-0.2, -0.15) is 0 Å². The highest BCUT2D eigenvalue weighted by molar-refractivity contribution is 6.30. The Hall–Kier alpha value is -2.07. The smallest absolute Gasteiger partial charge is 0.406 e. The summed E-state index contributed by atoms with van der Waals surface area (Å²) in [6.07, 6.45) is 2.92. The summed E-state index contributed by atoms with van der Waals surface area (Å²) in [5, 5.41) is 9.63. The van der Waals surface area contributed by atoms with E-state index in [0.717, 1.165) is 38.0 Å². The van der Waals surface area contributed by atoms with E-state index in [0.29, 0.717) is 50.1 Å². The summed E-state index contributed by atoms with van der Waals surface area (Å²) >= 11 is 6.20. The molecule has 198 valence electrons. The first-order valence-electron chi connectivity index (χ1n) is 12.4. The van der Waals surface area contributed by atoms with Crippen molar-refractivity contribution in [3.05, 3.63) is 34.9 Å². The van der Waals surface area contributed by atoms with Crippen molar-refractivity contribution >= 4 is 23.7 Å². The Kier molecular flexibility index (Phi) is 13.8.